The Labute approximate surface area is 107 Å². The highest BCUT2D eigenvalue weighted by atomic mass is 35.5. The van der Waals surface area contributed by atoms with Crippen molar-refractivity contribution >= 4 is 22.7 Å². The van der Waals surface area contributed by atoms with Crippen LogP contribution in [0.3, 0.4) is 0 Å². The second-order valence-electron chi connectivity index (χ2n) is 3.48. The summed E-state index contributed by atoms with van der Waals surface area (Å²) < 4.78 is 19.7. The number of hydrogen-bond donors (Lipinski definition) is 1. The van der Waals surface area contributed by atoms with E-state index < -0.39 is 11.1 Å². The van der Waals surface area contributed by atoms with Gasteiger partial charge < -0.3 is 4.55 Å². The fraction of sp³-hybridized carbons (Fsp3) is 0.0833. The molecule has 1 aromatic carbocycles. The van der Waals surface area contributed by atoms with E-state index >= 15 is 0 Å². The molecule has 2 rings (SSSR count). The van der Waals surface area contributed by atoms with Gasteiger partial charge in [0.1, 0.15) is 0 Å². The van der Waals surface area contributed by atoms with Gasteiger partial charge in [0.15, 0.2) is 11.1 Å². The van der Waals surface area contributed by atoms with Gasteiger partial charge in [0.25, 0.3) is 0 Å². The Morgan fingerprint density at radius 1 is 1.24 bits per heavy atom. The molecule has 88 valence electrons. The number of rotatable bonds is 3. The average Bonchev–Trinajstić information content (AvgIpc) is 2.32. The second kappa shape index (κ2) is 5.40. The Hall–Kier alpha value is -1.23. The minimum absolute atomic E-state index is 0.0394. The first-order valence-corrected chi connectivity index (χ1v) is 6.59. The second-order valence-corrected chi connectivity index (χ2v) is 4.79. The predicted molar refractivity (Wildman–Crippen MR) is 69.2 cm³/mol. The van der Waals surface area contributed by atoms with Crippen LogP contribution in [0.1, 0.15) is 5.56 Å². The first kappa shape index (κ1) is 12.2. The monoisotopic (exact) mass is 267 g/mol. The van der Waals surface area contributed by atoms with Gasteiger partial charge in [0, 0.05) is 18.0 Å². The summed E-state index contributed by atoms with van der Waals surface area (Å²) in [5.74, 6) is 0.0394. The smallest absolute Gasteiger partial charge is 0.157 e. The molecule has 0 aliphatic rings. The molecule has 1 heterocycles. The Kier molecular flexibility index (Phi) is 3.89. The summed E-state index contributed by atoms with van der Waals surface area (Å²) in [7, 11) is 0. The maximum absolute atomic E-state index is 10.8. The fourth-order valence-electron chi connectivity index (χ4n) is 1.58. The molecule has 5 heteroatoms. The Balaban J connectivity index is 2.46. The molecule has 1 atom stereocenters. The van der Waals surface area contributed by atoms with Crippen molar-refractivity contribution in [2.45, 2.75) is 5.75 Å². The molecule has 0 fully saturated rings. The van der Waals surface area contributed by atoms with Crippen molar-refractivity contribution in [3.63, 3.8) is 0 Å². The molecular formula is C12H10ClNO2S. The quantitative estimate of drug-likeness (QED) is 0.870. The van der Waals surface area contributed by atoms with Crippen LogP contribution in [0.15, 0.2) is 42.7 Å². The summed E-state index contributed by atoms with van der Waals surface area (Å²) in [6.07, 6.45) is 3.37. The normalized spacial score (nSPS) is 12.4. The molecule has 0 saturated heterocycles. The third-order valence-corrected chi connectivity index (χ3v) is 3.35. The zero-order chi connectivity index (χ0) is 12.3. The van der Waals surface area contributed by atoms with Crippen molar-refractivity contribution in [3.8, 4) is 11.1 Å². The standard InChI is InChI=1S/C12H10ClNO2S/c13-12-10(8-17(15)16)2-1-3-11(12)9-4-6-14-7-5-9/h1-7H,8H2,(H,15,16). The van der Waals surface area contributed by atoms with Crippen LogP contribution >= 0.6 is 11.6 Å². The lowest BCUT2D eigenvalue weighted by Gasteiger charge is -2.08. The summed E-state index contributed by atoms with van der Waals surface area (Å²) in [4.78, 5) is 3.94. The molecule has 0 amide bonds. The summed E-state index contributed by atoms with van der Waals surface area (Å²) in [6.45, 7) is 0. The highest BCUT2D eigenvalue weighted by Gasteiger charge is 2.09. The number of nitrogens with zero attached hydrogens (tertiary/aromatic N) is 1. The van der Waals surface area contributed by atoms with Gasteiger partial charge in [-0.05, 0) is 23.3 Å². The van der Waals surface area contributed by atoms with E-state index in [-0.39, 0.29) is 5.75 Å². The molecule has 1 N–H and O–H groups in total. The van der Waals surface area contributed by atoms with Gasteiger partial charge in [-0.15, -0.1) is 0 Å². The lowest BCUT2D eigenvalue weighted by atomic mass is 10.0. The maximum atomic E-state index is 10.8. The third kappa shape index (κ3) is 2.91. The van der Waals surface area contributed by atoms with E-state index in [0.29, 0.717) is 10.6 Å². The minimum Gasteiger partial charge on any atom is -0.306 e. The van der Waals surface area contributed by atoms with E-state index in [9.17, 15) is 4.21 Å². The van der Waals surface area contributed by atoms with Crippen LogP contribution in [-0.4, -0.2) is 13.7 Å². The molecule has 0 bridgehead atoms. The molecule has 17 heavy (non-hydrogen) atoms. The maximum Gasteiger partial charge on any atom is 0.157 e. The zero-order valence-electron chi connectivity index (χ0n) is 8.84. The van der Waals surface area contributed by atoms with Gasteiger partial charge in [0.2, 0.25) is 0 Å². The van der Waals surface area contributed by atoms with E-state index in [1.807, 2.05) is 24.3 Å². The molecule has 1 unspecified atom stereocenters. The van der Waals surface area contributed by atoms with Crippen molar-refractivity contribution in [1.29, 1.82) is 0 Å². The van der Waals surface area contributed by atoms with E-state index in [1.54, 1.807) is 18.5 Å². The van der Waals surface area contributed by atoms with Crippen LogP contribution in [0, 0.1) is 0 Å². The fourth-order valence-corrected chi connectivity index (χ4v) is 2.47. The molecule has 0 aliphatic carbocycles. The number of hydrogen-bond acceptors (Lipinski definition) is 2. The SMILES string of the molecule is O=S(O)Cc1cccc(-c2ccncc2)c1Cl. The largest absolute Gasteiger partial charge is 0.306 e. The first-order valence-electron chi connectivity index (χ1n) is 4.93. The molecular weight excluding hydrogens is 258 g/mol. The lowest BCUT2D eigenvalue weighted by molar-refractivity contribution is 0.563. The average molecular weight is 268 g/mol. The Morgan fingerprint density at radius 3 is 2.59 bits per heavy atom. The van der Waals surface area contributed by atoms with E-state index in [0.717, 1.165) is 11.1 Å². The van der Waals surface area contributed by atoms with Crippen LogP contribution in [0.25, 0.3) is 11.1 Å². The van der Waals surface area contributed by atoms with Crippen molar-refractivity contribution < 1.29 is 8.76 Å². The van der Waals surface area contributed by atoms with Crippen LogP contribution in [0.5, 0.6) is 0 Å². The van der Waals surface area contributed by atoms with Crippen LogP contribution in [0.4, 0.5) is 0 Å². The number of aromatic nitrogens is 1. The predicted octanol–water partition coefficient (Wildman–Crippen LogP) is 3.12. The molecule has 0 radical (unpaired) electrons. The molecule has 0 aliphatic heterocycles. The lowest BCUT2D eigenvalue weighted by Crippen LogP contribution is -1.95. The van der Waals surface area contributed by atoms with E-state index in [2.05, 4.69) is 4.98 Å². The summed E-state index contributed by atoms with van der Waals surface area (Å²) >= 11 is 4.33. The van der Waals surface area contributed by atoms with Crippen LogP contribution < -0.4 is 0 Å². The Morgan fingerprint density at radius 2 is 1.94 bits per heavy atom. The number of halogens is 1. The van der Waals surface area contributed by atoms with Gasteiger partial charge >= 0.3 is 0 Å². The first-order chi connectivity index (χ1) is 8.18. The Bertz CT molecular complexity index is 545. The summed E-state index contributed by atoms with van der Waals surface area (Å²) in [5, 5.41) is 0.515. The highest BCUT2D eigenvalue weighted by molar-refractivity contribution is 7.78. The number of pyridine rings is 1. The van der Waals surface area contributed by atoms with E-state index in [4.69, 9.17) is 16.2 Å². The molecule has 3 nitrogen and oxygen atoms in total. The van der Waals surface area contributed by atoms with Crippen molar-refractivity contribution in [2.24, 2.45) is 0 Å². The van der Waals surface area contributed by atoms with E-state index in [1.165, 1.54) is 0 Å². The van der Waals surface area contributed by atoms with Gasteiger partial charge in [0.05, 0.1) is 10.8 Å². The van der Waals surface area contributed by atoms with Gasteiger partial charge in [-0.2, -0.15) is 0 Å². The summed E-state index contributed by atoms with van der Waals surface area (Å²) in [6, 6.07) is 9.15. The van der Waals surface area contributed by atoms with Crippen LogP contribution in [0.2, 0.25) is 5.02 Å². The zero-order valence-corrected chi connectivity index (χ0v) is 10.4. The van der Waals surface area contributed by atoms with Gasteiger partial charge in [-0.3, -0.25) is 4.98 Å². The van der Waals surface area contributed by atoms with Crippen molar-refractivity contribution in [1.82, 2.24) is 4.98 Å². The van der Waals surface area contributed by atoms with Gasteiger partial charge in [-0.25, -0.2) is 4.21 Å². The van der Waals surface area contributed by atoms with Crippen molar-refractivity contribution in [2.75, 3.05) is 0 Å². The number of benzene rings is 1. The van der Waals surface area contributed by atoms with Gasteiger partial charge in [-0.1, -0.05) is 29.8 Å². The van der Waals surface area contributed by atoms with Crippen LogP contribution in [-0.2, 0) is 16.8 Å². The topological polar surface area (TPSA) is 50.2 Å². The molecule has 1 aromatic heterocycles. The molecule has 0 saturated carbocycles. The summed E-state index contributed by atoms with van der Waals surface area (Å²) in [5.41, 5.74) is 2.45. The highest BCUT2D eigenvalue weighted by Crippen LogP contribution is 2.30. The minimum atomic E-state index is -1.89. The molecule has 0 spiro atoms. The van der Waals surface area contributed by atoms with Crippen molar-refractivity contribution in [3.05, 3.63) is 53.3 Å². The third-order valence-electron chi connectivity index (χ3n) is 2.35. The molecule has 2 aromatic rings.